The second kappa shape index (κ2) is 6.55. The molecule has 5 nitrogen and oxygen atoms in total. The van der Waals surface area contributed by atoms with Crippen LogP contribution in [-0.2, 0) is 6.54 Å². The zero-order valence-corrected chi connectivity index (χ0v) is 11.8. The lowest BCUT2D eigenvalue weighted by Gasteiger charge is -2.34. The molecule has 21 heavy (non-hydrogen) atoms. The van der Waals surface area contributed by atoms with Crippen molar-refractivity contribution < 1.29 is 14.3 Å². The van der Waals surface area contributed by atoms with Gasteiger partial charge >= 0.3 is 6.03 Å². The molecule has 0 radical (unpaired) electrons. The van der Waals surface area contributed by atoms with Crippen molar-refractivity contribution in [3.63, 3.8) is 0 Å². The maximum absolute atomic E-state index is 13.6. The number of nitriles is 1. The zero-order valence-electron chi connectivity index (χ0n) is 11.8. The normalized spacial score (nSPS) is 21.7. The first-order valence-corrected chi connectivity index (χ1v) is 6.90. The third-order valence-electron chi connectivity index (χ3n) is 3.81. The molecule has 0 saturated carbocycles. The van der Waals surface area contributed by atoms with Crippen LogP contribution in [0.3, 0.4) is 0 Å². The predicted octanol–water partition coefficient (Wildman–Crippen LogP) is 1.61. The third-order valence-corrected chi connectivity index (χ3v) is 3.81. The molecule has 6 heteroatoms. The van der Waals surface area contributed by atoms with E-state index in [-0.39, 0.29) is 30.6 Å². The summed E-state index contributed by atoms with van der Waals surface area (Å²) in [5.74, 6) is -0.277. The Bertz CT molecular complexity index is 571. The molecule has 2 unspecified atom stereocenters. The smallest absolute Gasteiger partial charge is 0.317 e. The Morgan fingerprint density at radius 2 is 2.38 bits per heavy atom. The highest BCUT2D eigenvalue weighted by atomic mass is 19.1. The van der Waals surface area contributed by atoms with E-state index in [1.165, 1.54) is 23.1 Å². The molecule has 0 bridgehead atoms. The largest absolute Gasteiger partial charge is 0.391 e. The summed E-state index contributed by atoms with van der Waals surface area (Å²) in [5, 5.41) is 21.2. The molecule has 112 valence electrons. The number of hydrogen-bond donors (Lipinski definition) is 2. The molecule has 1 aliphatic rings. The van der Waals surface area contributed by atoms with E-state index in [4.69, 9.17) is 5.26 Å². The van der Waals surface area contributed by atoms with Crippen molar-refractivity contribution >= 4 is 6.03 Å². The van der Waals surface area contributed by atoms with Crippen LogP contribution in [0.4, 0.5) is 9.18 Å². The highest BCUT2D eigenvalue weighted by Gasteiger charge is 2.27. The number of aliphatic hydroxyl groups is 1. The average Bonchev–Trinajstić information content (AvgIpc) is 2.49. The van der Waals surface area contributed by atoms with Gasteiger partial charge in [-0.25, -0.2) is 9.18 Å². The highest BCUT2D eigenvalue weighted by Crippen LogP contribution is 2.17. The van der Waals surface area contributed by atoms with Gasteiger partial charge in [0.05, 0.1) is 17.7 Å². The number of aliphatic hydroxyl groups excluding tert-OH is 1. The second-order valence-electron chi connectivity index (χ2n) is 5.36. The Balaban J connectivity index is 1.94. The number of carbonyl (C=O) groups excluding carboxylic acids is 1. The molecule has 0 spiro atoms. The summed E-state index contributed by atoms with van der Waals surface area (Å²) < 4.78 is 13.6. The summed E-state index contributed by atoms with van der Waals surface area (Å²) in [6, 6.07) is 5.63. The number of hydrogen-bond acceptors (Lipinski definition) is 3. The van der Waals surface area contributed by atoms with Crippen molar-refractivity contribution in [3.05, 3.63) is 35.1 Å². The number of amides is 2. The van der Waals surface area contributed by atoms with Crippen LogP contribution in [0.15, 0.2) is 18.2 Å². The topological polar surface area (TPSA) is 76.4 Å². The molecule has 0 aromatic heterocycles. The minimum Gasteiger partial charge on any atom is -0.391 e. The number of carbonyl (C=O) groups is 1. The monoisotopic (exact) mass is 291 g/mol. The van der Waals surface area contributed by atoms with Crippen LogP contribution >= 0.6 is 0 Å². The van der Waals surface area contributed by atoms with E-state index in [1.54, 1.807) is 0 Å². The molecule has 1 aromatic carbocycles. The number of benzene rings is 1. The lowest BCUT2D eigenvalue weighted by molar-refractivity contribution is 0.0435. The van der Waals surface area contributed by atoms with Crippen LogP contribution in [0, 0.1) is 23.1 Å². The minimum absolute atomic E-state index is 0.0162. The molecule has 1 aliphatic heterocycles. The van der Waals surface area contributed by atoms with Crippen LogP contribution in [0.2, 0.25) is 0 Å². The lowest BCUT2D eigenvalue weighted by atomic mass is 9.96. The highest BCUT2D eigenvalue weighted by molar-refractivity contribution is 5.74. The molecule has 2 N–H and O–H groups in total. The van der Waals surface area contributed by atoms with Gasteiger partial charge in [-0.15, -0.1) is 0 Å². The van der Waals surface area contributed by atoms with E-state index in [2.05, 4.69) is 5.32 Å². The first-order chi connectivity index (χ1) is 10.0. The summed E-state index contributed by atoms with van der Waals surface area (Å²) in [6.45, 7) is 2.82. The van der Waals surface area contributed by atoms with Crippen molar-refractivity contribution in [2.45, 2.75) is 26.0 Å². The molecule has 2 amide bonds. The van der Waals surface area contributed by atoms with Gasteiger partial charge in [-0.1, -0.05) is 6.92 Å². The van der Waals surface area contributed by atoms with E-state index in [9.17, 15) is 14.3 Å². The van der Waals surface area contributed by atoms with Crippen molar-refractivity contribution in [3.8, 4) is 6.07 Å². The maximum Gasteiger partial charge on any atom is 0.317 e. The number of β-amino-alcohol motifs (C(OH)–C–C–N with tert-alkyl or cyclic N) is 1. The number of rotatable bonds is 2. The SMILES string of the molecule is CC1CCN(C(=O)NCc2cc(C#N)ccc2F)CC1O. The quantitative estimate of drug-likeness (QED) is 0.869. The number of halogens is 1. The van der Waals surface area contributed by atoms with E-state index in [1.807, 2.05) is 13.0 Å². The van der Waals surface area contributed by atoms with Crippen LogP contribution in [0.5, 0.6) is 0 Å². The van der Waals surface area contributed by atoms with Gasteiger partial charge < -0.3 is 15.3 Å². The fourth-order valence-corrected chi connectivity index (χ4v) is 2.30. The average molecular weight is 291 g/mol. The van der Waals surface area contributed by atoms with Crippen LogP contribution < -0.4 is 5.32 Å². The number of nitrogens with one attached hydrogen (secondary N) is 1. The molecule has 1 saturated heterocycles. The molecule has 1 aromatic rings. The van der Waals surface area contributed by atoms with Gasteiger partial charge in [-0.05, 0) is 30.5 Å². The summed E-state index contributed by atoms with van der Waals surface area (Å²) in [6.07, 6.45) is 0.218. The predicted molar refractivity (Wildman–Crippen MR) is 74.7 cm³/mol. The molecule has 1 heterocycles. The van der Waals surface area contributed by atoms with Gasteiger partial charge in [0.2, 0.25) is 0 Å². The third kappa shape index (κ3) is 3.70. The fraction of sp³-hybridized carbons (Fsp3) is 0.467. The van der Waals surface area contributed by atoms with Crippen LogP contribution in [-0.4, -0.2) is 35.2 Å². The number of likely N-dealkylation sites (tertiary alicyclic amines) is 1. The van der Waals surface area contributed by atoms with E-state index >= 15 is 0 Å². The van der Waals surface area contributed by atoms with Gasteiger partial charge in [0, 0.05) is 25.2 Å². The first-order valence-electron chi connectivity index (χ1n) is 6.90. The number of piperidine rings is 1. The van der Waals surface area contributed by atoms with Crippen LogP contribution in [0.25, 0.3) is 0 Å². The molecular weight excluding hydrogens is 273 g/mol. The molecule has 0 aliphatic carbocycles. The standard InChI is InChI=1S/C15H18FN3O2/c1-10-4-5-19(9-14(10)20)15(21)18-8-12-6-11(7-17)2-3-13(12)16/h2-3,6,10,14,20H,4-5,8-9H2,1H3,(H,18,21). The van der Waals surface area contributed by atoms with E-state index < -0.39 is 11.9 Å². The second-order valence-corrected chi connectivity index (χ2v) is 5.36. The Hall–Kier alpha value is -2.13. The van der Waals surface area contributed by atoms with Gasteiger partial charge in [-0.2, -0.15) is 5.26 Å². The first kappa shape index (κ1) is 15.3. The van der Waals surface area contributed by atoms with E-state index in [0.717, 1.165) is 6.42 Å². The Labute approximate surface area is 123 Å². The summed E-state index contributed by atoms with van der Waals surface area (Å²) in [5.41, 5.74) is 0.621. The summed E-state index contributed by atoms with van der Waals surface area (Å²) in [7, 11) is 0. The van der Waals surface area contributed by atoms with Gasteiger partial charge in [0.15, 0.2) is 0 Å². The number of urea groups is 1. The van der Waals surface area contributed by atoms with Crippen molar-refractivity contribution in [2.24, 2.45) is 5.92 Å². The molecular formula is C15H18FN3O2. The van der Waals surface area contributed by atoms with E-state index in [0.29, 0.717) is 12.1 Å². The lowest BCUT2D eigenvalue weighted by Crippen LogP contribution is -2.49. The van der Waals surface area contributed by atoms with Crippen LogP contribution in [0.1, 0.15) is 24.5 Å². The van der Waals surface area contributed by atoms with Gasteiger partial charge in [0.1, 0.15) is 5.82 Å². The molecule has 2 rings (SSSR count). The number of nitrogens with zero attached hydrogens (tertiary/aromatic N) is 2. The molecule has 1 fully saturated rings. The van der Waals surface area contributed by atoms with Gasteiger partial charge in [0.25, 0.3) is 0 Å². The Morgan fingerprint density at radius 1 is 1.62 bits per heavy atom. The fourth-order valence-electron chi connectivity index (χ4n) is 2.30. The van der Waals surface area contributed by atoms with Crippen molar-refractivity contribution in [1.29, 1.82) is 5.26 Å². The Kier molecular flexibility index (Phi) is 4.76. The van der Waals surface area contributed by atoms with Crippen molar-refractivity contribution in [1.82, 2.24) is 10.2 Å². The minimum atomic E-state index is -0.525. The molecule has 2 atom stereocenters. The van der Waals surface area contributed by atoms with Crippen molar-refractivity contribution in [2.75, 3.05) is 13.1 Å². The summed E-state index contributed by atoms with van der Waals surface area (Å²) >= 11 is 0. The summed E-state index contributed by atoms with van der Waals surface area (Å²) in [4.78, 5) is 13.5. The zero-order chi connectivity index (χ0) is 15.4. The maximum atomic E-state index is 13.6. The Morgan fingerprint density at radius 3 is 3.05 bits per heavy atom. The van der Waals surface area contributed by atoms with Gasteiger partial charge in [-0.3, -0.25) is 0 Å².